The minimum Gasteiger partial charge on any atom is -0.489 e. The van der Waals surface area contributed by atoms with Crippen LogP contribution in [-0.2, 0) is 16.2 Å². The van der Waals surface area contributed by atoms with Crippen molar-refractivity contribution < 1.29 is 19.1 Å². The Labute approximate surface area is 219 Å². The van der Waals surface area contributed by atoms with Gasteiger partial charge in [0.15, 0.2) is 0 Å². The van der Waals surface area contributed by atoms with E-state index in [9.17, 15) is 14.4 Å². The summed E-state index contributed by atoms with van der Waals surface area (Å²) >= 11 is 6.97. The fourth-order valence-corrected chi connectivity index (χ4v) is 4.55. The summed E-state index contributed by atoms with van der Waals surface area (Å²) in [4.78, 5) is 38.9. The summed E-state index contributed by atoms with van der Waals surface area (Å²) in [7, 11) is 0. The molecule has 1 saturated heterocycles. The Kier molecular flexibility index (Phi) is 8.13. The summed E-state index contributed by atoms with van der Waals surface area (Å²) < 4.78 is 5.78. The third kappa shape index (κ3) is 6.36. The van der Waals surface area contributed by atoms with Gasteiger partial charge in [0.25, 0.3) is 11.1 Å². The fraction of sp³-hybridized carbons (Fsp3) is 0.179. The second-order valence-corrected chi connectivity index (χ2v) is 9.94. The van der Waals surface area contributed by atoms with E-state index in [2.05, 4.69) is 19.2 Å². The molecule has 1 aliphatic heterocycles. The number of amides is 3. The molecule has 1 heterocycles. The molecular formula is C28H25ClN2O4S. The van der Waals surface area contributed by atoms with Crippen molar-refractivity contribution in [3.63, 3.8) is 0 Å². The molecule has 184 valence electrons. The Morgan fingerprint density at radius 1 is 1.03 bits per heavy atom. The van der Waals surface area contributed by atoms with Crippen LogP contribution in [0.15, 0.2) is 77.7 Å². The van der Waals surface area contributed by atoms with Crippen LogP contribution >= 0.6 is 23.4 Å². The summed E-state index contributed by atoms with van der Waals surface area (Å²) in [5.41, 5.74) is 3.39. The molecule has 6 nitrogen and oxygen atoms in total. The molecule has 3 amide bonds. The van der Waals surface area contributed by atoms with Gasteiger partial charge in [-0.25, -0.2) is 0 Å². The minimum atomic E-state index is -0.491. The molecule has 0 aromatic heterocycles. The van der Waals surface area contributed by atoms with Gasteiger partial charge in [0.2, 0.25) is 5.91 Å². The molecule has 1 fully saturated rings. The molecule has 0 unspecified atom stereocenters. The number of imide groups is 1. The number of ether oxygens (including phenoxy) is 1. The lowest BCUT2D eigenvalue weighted by atomic mass is 10.0. The van der Waals surface area contributed by atoms with Gasteiger partial charge in [-0.15, -0.1) is 0 Å². The van der Waals surface area contributed by atoms with Crippen LogP contribution in [0.25, 0.3) is 6.08 Å². The van der Waals surface area contributed by atoms with E-state index >= 15 is 0 Å². The fourth-order valence-electron chi connectivity index (χ4n) is 3.52. The van der Waals surface area contributed by atoms with Gasteiger partial charge in [-0.1, -0.05) is 67.9 Å². The van der Waals surface area contributed by atoms with Crippen LogP contribution in [0.4, 0.5) is 10.5 Å². The van der Waals surface area contributed by atoms with Crippen molar-refractivity contribution in [3.05, 3.63) is 99.4 Å². The van der Waals surface area contributed by atoms with Gasteiger partial charge >= 0.3 is 0 Å². The Balaban J connectivity index is 1.34. The maximum absolute atomic E-state index is 12.8. The second-order valence-electron chi connectivity index (χ2n) is 8.54. The number of benzene rings is 3. The first-order valence-electron chi connectivity index (χ1n) is 11.4. The first-order valence-corrected chi connectivity index (χ1v) is 12.6. The highest BCUT2D eigenvalue weighted by Gasteiger charge is 2.36. The number of carbonyl (C=O) groups is 3. The lowest BCUT2D eigenvalue weighted by Crippen LogP contribution is -2.36. The molecule has 0 saturated carbocycles. The Morgan fingerprint density at radius 3 is 2.39 bits per heavy atom. The maximum Gasteiger partial charge on any atom is 0.294 e. The highest BCUT2D eigenvalue weighted by molar-refractivity contribution is 8.18. The molecule has 0 spiro atoms. The Bertz CT molecular complexity index is 1300. The molecule has 1 N–H and O–H groups in total. The second kappa shape index (κ2) is 11.5. The topological polar surface area (TPSA) is 75.7 Å². The molecule has 0 bridgehead atoms. The molecule has 8 heteroatoms. The van der Waals surface area contributed by atoms with Crippen molar-refractivity contribution in [2.45, 2.75) is 26.4 Å². The van der Waals surface area contributed by atoms with Gasteiger partial charge in [-0.3, -0.25) is 19.3 Å². The van der Waals surface area contributed by atoms with E-state index in [0.717, 1.165) is 33.4 Å². The number of anilines is 1. The standard InChI is InChI=1S/C28H25ClN2O4S/c1-18(2)20-9-11-22(12-10-20)30-26(32)16-31-27(33)25(36-28(31)34)15-19-7-13-23(14-8-19)35-17-21-5-3-4-6-24(21)29/h3-15,18H,16-17H2,1-2H3,(H,30,32)/b25-15+. The van der Waals surface area contributed by atoms with E-state index in [1.54, 1.807) is 30.3 Å². The van der Waals surface area contributed by atoms with Crippen LogP contribution in [0.5, 0.6) is 5.75 Å². The van der Waals surface area contributed by atoms with E-state index in [-0.39, 0.29) is 11.4 Å². The molecule has 0 radical (unpaired) electrons. The van der Waals surface area contributed by atoms with Crippen LogP contribution < -0.4 is 10.1 Å². The highest BCUT2D eigenvalue weighted by Crippen LogP contribution is 2.32. The van der Waals surface area contributed by atoms with Gasteiger partial charge in [0, 0.05) is 16.3 Å². The van der Waals surface area contributed by atoms with Crippen molar-refractivity contribution in [2.75, 3.05) is 11.9 Å². The summed E-state index contributed by atoms with van der Waals surface area (Å²) in [6, 6.07) is 22.1. The van der Waals surface area contributed by atoms with E-state index < -0.39 is 17.1 Å². The van der Waals surface area contributed by atoms with Crippen LogP contribution in [-0.4, -0.2) is 28.5 Å². The van der Waals surface area contributed by atoms with Crippen LogP contribution in [0.3, 0.4) is 0 Å². The molecule has 0 atom stereocenters. The molecular weight excluding hydrogens is 496 g/mol. The SMILES string of the molecule is CC(C)c1ccc(NC(=O)CN2C(=O)S/C(=C/c3ccc(OCc4ccccc4Cl)cc3)C2=O)cc1. The molecule has 36 heavy (non-hydrogen) atoms. The summed E-state index contributed by atoms with van der Waals surface area (Å²) in [6.45, 7) is 4.17. The predicted molar refractivity (Wildman–Crippen MR) is 144 cm³/mol. The smallest absolute Gasteiger partial charge is 0.294 e. The zero-order valence-electron chi connectivity index (χ0n) is 19.9. The summed E-state index contributed by atoms with van der Waals surface area (Å²) in [6.07, 6.45) is 1.63. The van der Waals surface area contributed by atoms with Crippen LogP contribution in [0.1, 0.15) is 36.5 Å². The van der Waals surface area contributed by atoms with E-state index in [1.165, 1.54) is 0 Å². The van der Waals surface area contributed by atoms with Gasteiger partial charge < -0.3 is 10.1 Å². The number of nitrogens with zero attached hydrogens (tertiary/aromatic N) is 1. The van der Waals surface area contributed by atoms with Crippen molar-refractivity contribution in [1.82, 2.24) is 4.90 Å². The molecule has 4 rings (SSSR count). The molecule has 3 aromatic carbocycles. The zero-order chi connectivity index (χ0) is 25.7. The summed E-state index contributed by atoms with van der Waals surface area (Å²) in [5, 5.41) is 2.90. The third-order valence-electron chi connectivity index (χ3n) is 5.57. The normalized spacial score (nSPS) is 14.6. The van der Waals surface area contributed by atoms with Crippen LogP contribution in [0, 0.1) is 0 Å². The zero-order valence-corrected chi connectivity index (χ0v) is 21.4. The third-order valence-corrected chi connectivity index (χ3v) is 6.84. The highest BCUT2D eigenvalue weighted by atomic mass is 35.5. The van der Waals surface area contributed by atoms with Crippen molar-refractivity contribution in [2.24, 2.45) is 0 Å². The van der Waals surface area contributed by atoms with Gasteiger partial charge in [0.05, 0.1) is 4.91 Å². The van der Waals surface area contributed by atoms with Gasteiger partial charge in [0.1, 0.15) is 18.9 Å². The summed E-state index contributed by atoms with van der Waals surface area (Å²) in [5.74, 6) is 0.109. The Morgan fingerprint density at radius 2 is 1.72 bits per heavy atom. The van der Waals surface area contributed by atoms with Crippen molar-refractivity contribution >= 4 is 52.2 Å². The molecule has 1 aliphatic rings. The van der Waals surface area contributed by atoms with Crippen molar-refractivity contribution in [1.29, 1.82) is 0 Å². The quantitative estimate of drug-likeness (QED) is 0.334. The number of thioether (sulfide) groups is 1. The number of rotatable bonds is 8. The Hall–Kier alpha value is -3.55. The van der Waals surface area contributed by atoms with Crippen LogP contribution in [0.2, 0.25) is 5.02 Å². The predicted octanol–water partition coefficient (Wildman–Crippen LogP) is 6.72. The number of hydrogen-bond acceptors (Lipinski definition) is 5. The lowest BCUT2D eigenvalue weighted by Gasteiger charge is -2.13. The number of halogens is 1. The lowest BCUT2D eigenvalue weighted by molar-refractivity contribution is -0.127. The number of nitrogens with one attached hydrogen (secondary N) is 1. The average molecular weight is 521 g/mol. The van der Waals surface area contributed by atoms with E-state index in [1.807, 2.05) is 48.5 Å². The van der Waals surface area contributed by atoms with E-state index in [0.29, 0.717) is 29.0 Å². The minimum absolute atomic E-state index is 0.263. The maximum atomic E-state index is 12.8. The average Bonchev–Trinajstić information content (AvgIpc) is 3.12. The van der Waals surface area contributed by atoms with E-state index in [4.69, 9.17) is 16.3 Å². The number of carbonyl (C=O) groups excluding carboxylic acids is 3. The van der Waals surface area contributed by atoms with Gasteiger partial charge in [-0.2, -0.15) is 0 Å². The molecule has 3 aromatic rings. The first kappa shape index (κ1) is 25.5. The van der Waals surface area contributed by atoms with Crippen molar-refractivity contribution in [3.8, 4) is 5.75 Å². The largest absolute Gasteiger partial charge is 0.489 e. The molecule has 0 aliphatic carbocycles. The first-order chi connectivity index (χ1) is 17.3. The van der Waals surface area contributed by atoms with Gasteiger partial charge in [-0.05, 0) is 65.2 Å². The number of hydrogen-bond donors (Lipinski definition) is 1. The monoisotopic (exact) mass is 520 g/mol.